The molecule has 2 atom stereocenters. The maximum absolute atomic E-state index is 12.9. The van der Waals surface area contributed by atoms with Gasteiger partial charge in [-0.3, -0.25) is 9.59 Å². The zero-order valence-corrected chi connectivity index (χ0v) is 13.4. The Morgan fingerprint density at radius 3 is 2.32 bits per heavy atom. The number of nitrogens with two attached hydrogens (primary N) is 1. The molecule has 1 heterocycles. The summed E-state index contributed by atoms with van der Waals surface area (Å²) in [5.41, 5.74) is 6.32. The molecule has 4 bridgehead atoms. The third-order valence-corrected chi connectivity index (χ3v) is 6.86. The van der Waals surface area contributed by atoms with Crippen LogP contribution in [0.15, 0.2) is 0 Å². The van der Waals surface area contributed by atoms with Gasteiger partial charge in [-0.25, -0.2) is 0 Å². The van der Waals surface area contributed by atoms with Gasteiger partial charge in [-0.1, -0.05) is 0 Å². The fourth-order valence-corrected chi connectivity index (χ4v) is 6.38. The molecule has 0 aromatic carbocycles. The molecule has 22 heavy (non-hydrogen) atoms. The highest BCUT2D eigenvalue weighted by Crippen LogP contribution is 2.61. The first-order valence-corrected chi connectivity index (χ1v) is 9.11. The van der Waals surface area contributed by atoms with Gasteiger partial charge in [0.2, 0.25) is 5.91 Å². The molecule has 4 nitrogen and oxygen atoms in total. The first-order chi connectivity index (χ1) is 10.5. The van der Waals surface area contributed by atoms with Crippen molar-refractivity contribution in [1.29, 1.82) is 0 Å². The Kier molecular flexibility index (Phi) is 3.55. The second-order valence-corrected chi connectivity index (χ2v) is 8.63. The quantitative estimate of drug-likeness (QED) is 0.838. The molecule has 3 N–H and O–H groups in total. The second kappa shape index (κ2) is 5.33. The largest absolute Gasteiger partial charge is 0.355 e. The number of carbonyl (C=O) groups excluding carboxylic acids is 2. The van der Waals surface area contributed by atoms with Crippen molar-refractivity contribution < 1.29 is 9.59 Å². The fraction of sp³-hybridized carbons (Fsp3) is 0.889. The third kappa shape index (κ3) is 2.49. The molecule has 0 radical (unpaired) electrons. The average molecular weight is 304 g/mol. The normalized spacial score (nSPS) is 47.1. The van der Waals surface area contributed by atoms with Gasteiger partial charge in [-0.15, -0.1) is 0 Å². The van der Waals surface area contributed by atoms with Crippen molar-refractivity contribution in [3.05, 3.63) is 0 Å². The molecule has 5 aliphatic rings. The lowest BCUT2D eigenvalue weighted by atomic mass is 9.48. The Bertz CT molecular complexity index is 452. The van der Waals surface area contributed by atoms with Gasteiger partial charge in [0, 0.05) is 18.9 Å². The maximum atomic E-state index is 12.9. The van der Waals surface area contributed by atoms with E-state index in [1.807, 2.05) is 0 Å². The Balaban J connectivity index is 1.48. The number of carbonyl (C=O) groups is 2. The molecular weight excluding hydrogens is 276 g/mol. The number of ketones is 1. The zero-order valence-electron chi connectivity index (χ0n) is 13.4. The minimum absolute atomic E-state index is 0.138. The Morgan fingerprint density at radius 1 is 1.14 bits per heavy atom. The smallest absolute Gasteiger partial charge is 0.237 e. The molecule has 5 fully saturated rings. The maximum Gasteiger partial charge on any atom is 0.237 e. The van der Waals surface area contributed by atoms with E-state index in [4.69, 9.17) is 5.73 Å². The van der Waals surface area contributed by atoms with E-state index in [9.17, 15) is 9.59 Å². The van der Waals surface area contributed by atoms with Crippen LogP contribution in [0.1, 0.15) is 57.8 Å². The summed E-state index contributed by atoms with van der Waals surface area (Å²) in [5, 5.41) is 2.82. The highest BCUT2D eigenvalue weighted by Gasteiger charge is 2.52. The van der Waals surface area contributed by atoms with Gasteiger partial charge in [0.1, 0.15) is 5.78 Å². The molecule has 5 rings (SSSR count). The van der Waals surface area contributed by atoms with E-state index >= 15 is 0 Å². The lowest BCUT2D eigenvalue weighted by Crippen LogP contribution is -2.50. The molecule has 0 spiro atoms. The number of nitrogens with one attached hydrogen (secondary N) is 1. The van der Waals surface area contributed by atoms with Crippen LogP contribution in [0.25, 0.3) is 0 Å². The summed E-state index contributed by atoms with van der Waals surface area (Å²) in [7, 11) is 0. The van der Waals surface area contributed by atoms with Crippen LogP contribution in [0.2, 0.25) is 0 Å². The molecule has 4 aliphatic carbocycles. The van der Waals surface area contributed by atoms with Gasteiger partial charge >= 0.3 is 0 Å². The van der Waals surface area contributed by atoms with E-state index in [-0.39, 0.29) is 23.0 Å². The molecule has 1 amide bonds. The topological polar surface area (TPSA) is 72.2 Å². The summed E-state index contributed by atoms with van der Waals surface area (Å²) >= 11 is 0. The standard InChI is InChI=1S/C18H28N2O2/c19-16-14(2-1-3-20-17(16)22)15(21)10-18-7-11-4-12(8-18)6-13(5-11)9-18/h11-14,16H,1-10,19H2,(H,20,22)/t11?,12?,13?,14?,16-,18?/m0/s1. The van der Waals surface area contributed by atoms with E-state index in [1.54, 1.807) is 0 Å². The van der Waals surface area contributed by atoms with Crippen LogP contribution in [0.3, 0.4) is 0 Å². The summed E-state index contributed by atoms with van der Waals surface area (Å²) in [4.78, 5) is 24.8. The summed E-state index contributed by atoms with van der Waals surface area (Å²) in [6, 6.07) is -0.635. The molecular formula is C18H28N2O2. The number of hydrogen-bond donors (Lipinski definition) is 2. The average Bonchev–Trinajstić information content (AvgIpc) is 2.59. The van der Waals surface area contributed by atoms with Crippen molar-refractivity contribution in [3.8, 4) is 0 Å². The van der Waals surface area contributed by atoms with Crippen molar-refractivity contribution in [2.45, 2.75) is 63.8 Å². The van der Waals surface area contributed by atoms with Crippen LogP contribution in [0.4, 0.5) is 0 Å². The Hall–Kier alpha value is -0.900. The first kappa shape index (κ1) is 14.7. The number of rotatable bonds is 3. The fourth-order valence-electron chi connectivity index (χ4n) is 6.38. The third-order valence-electron chi connectivity index (χ3n) is 6.86. The van der Waals surface area contributed by atoms with Gasteiger partial charge in [0.25, 0.3) is 0 Å². The van der Waals surface area contributed by atoms with Crippen LogP contribution in [-0.4, -0.2) is 24.3 Å². The molecule has 1 saturated heterocycles. The van der Waals surface area contributed by atoms with Crippen LogP contribution in [-0.2, 0) is 9.59 Å². The van der Waals surface area contributed by atoms with Crippen LogP contribution in [0, 0.1) is 29.1 Å². The highest BCUT2D eigenvalue weighted by molar-refractivity contribution is 5.91. The lowest BCUT2D eigenvalue weighted by molar-refractivity contribution is -0.135. The van der Waals surface area contributed by atoms with Gasteiger partial charge in [-0.2, -0.15) is 0 Å². The van der Waals surface area contributed by atoms with Crippen molar-refractivity contribution >= 4 is 11.7 Å². The molecule has 4 saturated carbocycles. The van der Waals surface area contributed by atoms with E-state index in [0.717, 1.165) is 30.6 Å². The molecule has 0 aromatic heterocycles. The van der Waals surface area contributed by atoms with Crippen molar-refractivity contribution in [1.82, 2.24) is 5.32 Å². The molecule has 4 heteroatoms. The van der Waals surface area contributed by atoms with E-state index in [0.29, 0.717) is 13.0 Å². The van der Waals surface area contributed by atoms with Crippen molar-refractivity contribution in [2.75, 3.05) is 6.54 Å². The van der Waals surface area contributed by atoms with E-state index in [1.165, 1.54) is 38.5 Å². The van der Waals surface area contributed by atoms with Crippen molar-refractivity contribution in [2.24, 2.45) is 34.8 Å². The molecule has 1 unspecified atom stereocenters. The summed E-state index contributed by atoms with van der Waals surface area (Å²) < 4.78 is 0. The van der Waals surface area contributed by atoms with Gasteiger partial charge in [0.05, 0.1) is 6.04 Å². The van der Waals surface area contributed by atoms with E-state index in [2.05, 4.69) is 5.32 Å². The minimum Gasteiger partial charge on any atom is -0.355 e. The van der Waals surface area contributed by atoms with Gasteiger partial charge in [0.15, 0.2) is 0 Å². The van der Waals surface area contributed by atoms with Crippen LogP contribution < -0.4 is 11.1 Å². The van der Waals surface area contributed by atoms with E-state index < -0.39 is 6.04 Å². The number of amides is 1. The summed E-state index contributed by atoms with van der Waals surface area (Å²) in [5.74, 6) is 2.48. The second-order valence-electron chi connectivity index (χ2n) is 8.63. The molecule has 0 aromatic rings. The predicted molar refractivity (Wildman–Crippen MR) is 83.9 cm³/mol. The zero-order chi connectivity index (χ0) is 15.3. The lowest BCUT2D eigenvalue weighted by Gasteiger charge is -2.57. The van der Waals surface area contributed by atoms with Gasteiger partial charge in [-0.05, 0) is 74.5 Å². The number of Topliss-reactive ketones (excluding diaryl/α,β-unsaturated/α-hetero) is 1. The summed E-state index contributed by atoms with van der Waals surface area (Å²) in [6.45, 7) is 0.660. The predicted octanol–water partition coefficient (Wildman–Crippen LogP) is 2.02. The van der Waals surface area contributed by atoms with Gasteiger partial charge < -0.3 is 11.1 Å². The van der Waals surface area contributed by atoms with Crippen LogP contribution >= 0.6 is 0 Å². The van der Waals surface area contributed by atoms with Crippen molar-refractivity contribution in [3.63, 3.8) is 0 Å². The Morgan fingerprint density at radius 2 is 1.73 bits per heavy atom. The first-order valence-electron chi connectivity index (χ1n) is 9.11. The highest BCUT2D eigenvalue weighted by atomic mass is 16.2. The molecule has 1 aliphatic heterocycles. The Labute approximate surface area is 132 Å². The number of hydrogen-bond acceptors (Lipinski definition) is 3. The monoisotopic (exact) mass is 304 g/mol. The SMILES string of the molecule is N[C@@H]1C(=O)NCCCC1C(=O)CC12CC3CC(CC(C3)C1)C2. The molecule has 122 valence electrons. The minimum atomic E-state index is -0.635. The van der Waals surface area contributed by atoms with Crippen LogP contribution in [0.5, 0.6) is 0 Å². The summed E-state index contributed by atoms with van der Waals surface area (Å²) in [6.07, 6.45) is 10.3.